The first-order valence-electron chi connectivity index (χ1n) is 3.00. The number of hydrogen-bond acceptors (Lipinski definition) is 3. The summed E-state index contributed by atoms with van der Waals surface area (Å²) in [4.78, 5) is 14.7. The van der Waals surface area contributed by atoms with Crippen LogP contribution in [0.3, 0.4) is 0 Å². The van der Waals surface area contributed by atoms with Crippen LogP contribution in [0.5, 0.6) is 0 Å². The number of halogens is 1. The Balaban J connectivity index is 2.65. The van der Waals surface area contributed by atoms with Gasteiger partial charge in [-0.3, -0.25) is 4.79 Å². The maximum Gasteiger partial charge on any atom is 0.223 e. The Morgan fingerprint density at radius 3 is 3.09 bits per heavy atom. The number of nitrogens with one attached hydrogen (secondary N) is 1. The van der Waals surface area contributed by atoms with E-state index in [4.69, 9.17) is 0 Å². The Bertz CT molecular complexity index is 261. The van der Waals surface area contributed by atoms with Crippen molar-refractivity contribution in [2.24, 2.45) is 0 Å². The van der Waals surface area contributed by atoms with Crippen LogP contribution < -0.4 is 5.32 Å². The molecule has 1 N–H and O–H groups in total. The van der Waals surface area contributed by atoms with Crippen LogP contribution in [0, 0.1) is 0 Å². The molecule has 1 heterocycles. The van der Waals surface area contributed by atoms with Crippen molar-refractivity contribution in [2.75, 3.05) is 5.32 Å². The van der Waals surface area contributed by atoms with Crippen LogP contribution in [0.1, 0.15) is 12.6 Å². The first kappa shape index (κ1) is 8.67. The molecule has 0 saturated heterocycles. The van der Waals surface area contributed by atoms with Crippen molar-refractivity contribution < 1.29 is 4.79 Å². The molecule has 1 aromatic rings. The van der Waals surface area contributed by atoms with E-state index in [0.717, 1.165) is 11.0 Å². The number of carbonyl (C=O) groups is 1. The van der Waals surface area contributed by atoms with Crippen molar-refractivity contribution in [3.63, 3.8) is 0 Å². The summed E-state index contributed by atoms with van der Waals surface area (Å²) in [6.07, 6.45) is 0. The Hall–Kier alpha value is -0.420. The van der Waals surface area contributed by atoms with E-state index in [-0.39, 0.29) is 5.91 Å². The molecule has 5 heteroatoms. The summed E-state index contributed by atoms with van der Waals surface area (Å²) >= 11 is 4.70. The number of anilines is 1. The molecular weight excluding hydrogens is 228 g/mol. The summed E-state index contributed by atoms with van der Waals surface area (Å²) in [7, 11) is 0. The molecule has 1 amide bonds. The van der Waals surface area contributed by atoms with E-state index >= 15 is 0 Å². The molecule has 0 aliphatic rings. The molecule has 0 aliphatic carbocycles. The fraction of sp³-hybridized carbons (Fsp3) is 0.333. The third-order valence-corrected chi connectivity index (χ3v) is 2.35. The van der Waals surface area contributed by atoms with Crippen molar-refractivity contribution in [3.8, 4) is 0 Å². The van der Waals surface area contributed by atoms with Gasteiger partial charge in [-0.25, -0.2) is 4.98 Å². The van der Waals surface area contributed by atoms with Crippen molar-refractivity contribution in [2.45, 2.75) is 12.3 Å². The van der Waals surface area contributed by atoms with Gasteiger partial charge in [0.25, 0.3) is 0 Å². The monoisotopic (exact) mass is 234 g/mol. The summed E-state index contributed by atoms with van der Waals surface area (Å²) in [5.74, 6) is -0.0829. The predicted molar refractivity (Wildman–Crippen MR) is 49.0 cm³/mol. The minimum atomic E-state index is -0.0829. The zero-order valence-corrected chi connectivity index (χ0v) is 8.33. The standard InChI is InChI=1S/C6H7BrN2OS/c1-4(10)8-6-9-5(2-7)3-11-6/h3H,2H2,1H3,(H,8,9,10). The quantitative estimate of drug-likeness (QED) is 0.796. The lowest BCUT2D eigenvalue weighted by Gasteiger charge is -1.92. The second-order valence-electron chi connectivity index (χ2n) is 1.96. The van der Waals surface area contributed by atoms with Crippen LogP contribution >= 0.6 is 27.3 Å². The minimum absolute atomic E-state index is 0.0829. The summed E-state index contributed by atoms with van der Waals surface area (Å²) in [5.41, 5.74) is 0.943. The van der Waals surface area contributed by atoms with Gasteiger partial charge in [0.05, 0.1) is 5.69 Å². The highest BCUT2D eigenvalue weighted by molar-refractivity contribution is 9.08. The molecule has 0 atom stereocenters. The second kappa shape index (κ2) is 3.82. The van der Waals surface area contributed by atoms with Crippen LogP contribution in [-0.2, 0) is 10.1 Å². The zero-order valence-electron chi connectivity index (χ0n) is 5.93. The number of aromatic nitrogens is 1. The topological polar surface area (TPSA) is 42.0 Å². The Labute approximate surface area is 77.0 Å². The third-order valence-electron chi connectivity index (χ3n) is 0.972. The van der Waals surface area contributed by atoms with Crippen LogP contribution in [0.2, 0.25) is 0 Å². The average molecular weight is 235 g/mol. The Morgan fingerprint density at radius 1 is 1.91 bits per heavy atom. The van der Waals surface area contributed by atoms with Gasteiger partial charge < -0.3 is 5.32 Å². The van der Waals surface area contributed by atoms with E-state index in [1.54, 1.807) is 0 Å². The van der Waals surface area contributed by atoms with Gasteiger partial charge in [-0.2, -0.15) is 0 Å². The summed E-state index contributed by atoms with van der Waals surface area (Å²) in [6.45, 7) is 1.47. The van der Waals surface area contributed by atoms with Crippen molar-refractivity contribution in [1.29, 1.82) is 0 Å². The van der Waals surface area contributed by atoms with Gasteiger partial charge in [-0.1, -0.05) is 15.9 Å². The molecule has 0 aliphatic heterocycles. The van der Waals surface area contributed by atoms with Gasteiger partial charge in [0.15, 0.2) is 5.13 Å². The number of carbonyl (C=O) groups excluding carboxylic acids is 1. The predicted octanol–water partition coefficient (Wildman–Crippen LogP) is 2.00. The molecule has 1 aromatic heterocycles. The molecule has 11 heavy (non-hydrogen) atoms. The molecule has 0 aromatic carbocycles. The van der Waals surface area contributed by atoms with Gasteiger partial charge in [0.2, 0.25) is 5.91 Å². The van der Waals surface area contributed by atoms with E-state index in [1.165, 1.54) is 18.3 Å². The lowest BCUT2D eigenvalue weighted by Crippen LogP contribution is -2.05. The average Bonchev–Trinajstić information content (AvgIpc) is 2.34. The second-order valence-corrected chi connectivity index (χ2v) is 3.38. The highest BCUT2D eigenvalue weighted by Crippen LogP contribution is 2.16. The summed E-state index contributed by atoms with van der Waals surface area (Å²) in [6, 6.07) is 0. The van der Waals surface area contributed by atoms with Gasteiger partial charge in [0, 0.05) is 17.6 Å². The van der Waals surface area contributed by atoms with Gasteiger partial charge >= 0.3 is 0 Å². The summed E-state index contributed by atoms with van der Waals surface area (Å²) in [5, 5.41) is 5.89. The number of alkyl halides is 1. The van der Waals surface area contributed by atoms with Crippen LogP contribution in [0.15, 0.2) is 5.38 Å². The number of thiazole rings is 1. The minimum Gasteiger partial charge on any atom is -0.302 e. The van der Waals surface area contributed by atoms with Gasteiger partial charge in [-0.05, 0) is 0 Å². The molecular formula is C6H7BrN2OS. The zero-order chi connectivity index (χ0) is 8.27. The fourth-order valence-electron chi connectivity index (χ4n) is 0.576. The molecule has 0 radical (unpaired) electrons. The third kappa shape index (κ3) is 2.59. The molecule has 0 bridgehead atoms. The lowest BCUT2D eigenvalue weighted by molar-refractivity contribution is -0.114. The molecule has 60 valence electrons. The molecule has 0 spiro atoms. The van der Waals surface area contributed by atoms with E-state index in [0.29, 0.717) is 5.13 Å². The number of amides is 1. The molecule has 3 nitrogen and oxygen atoms in total. The molecule has 0 unspecified atom stereocenters. The van der Waals surface area contributed by atoms with Gasteiger partial charge in [0.1, 0.15) is 0 Å². The summed E-state index contributed by atoms with van der Waals surface area (Å²) < 4.78 is 0. The molecule has 0 fully saturated rings. The van der Waals surface area contributed by atoms with Crippen molar-refractivity contribution in [1.82, 2.24) is 4.98 Å². The van der Waals surface area contributed by atoms with Gasteiger partial charge in [-0.15, -0.1) is 11.3 Å². The van der Waals surface area contributed by atoms with Crippen LogP contribution in [0.25, 0.3) is 0 Å². The Kier molecular flexibility index (Phi) is 3.02. The highest BCUT2D eigenvalue weighted by atomic mass is 79.9. The maximum absolute atomic E-state index is 10.6. The maximum atomic E-state index is 10.6. The normalized spacial score (nSPS) is 9.64. The first-order chi connectivity index (χ1) is 5.22. The highest BCUT2D eigenvalue weighted by Gasteiger charge is 2.00. The Morgan fingerprint density at radius 2 is 2.64 bits per heavy atom. The largest absolute Gasteiger partial charge is 0.302 e. The van der Waals surface area contributed by atoms with E-state index in [9.17, 15) is 4.79 Å². The van der Waals surface area contributed by atoms with E-state index < -0.39 is 0 Å². The van der Waals surface area contributed by atoms with E-state index in [1.807, 2.05) is 5.38 Å². The SMILES string of the molecule is CC(=O)Nc1nc(CBr)cs1. The number of nitrogens with zero attached hydrogens (tertiary/aromatic N) is 1. The van der Waals surface area contributed by atoms with Crippen LogP contribution in [-0.4, -0.2) is 10.9 Å². The fourth-order valence-corrected chi connectivity index (χ4v) is 1.83. The number of rotatable bonds is 2. The molecule has 1 rings (SSSR count). The van der Waals surface area contributed by atoms with Crippen molar-refractivity contribution >= 4 is 38.3 Å². The van der Waals surface area contributed by atoms with Crippen molar-refractivity contribution in [3.05, 3.63) is 11.1 Å². The van der Waals surface area contributed by atoms with Crippen LogP contribution in [0.4, 0.5) is 5.13 Å². The first-order valence-corrected chi connectivity index (χ1v) is 5.00. The lowest BCUT2D eigenvalue weighted by atomic mass is 10.6. The smallest absolute Gasteiger partial charge is 0.223 e. The number of hydrogen-bond donors (Lipinski definition) is 1. The van der Waals surface area contributed by atoms with E-state index in [2.05, 4.69) is 26.2 Å². The molecule has 0 saturated carbocycles.